The van der Waals surface area contributed by atoms with Gasteiger partial charge in [0.2, 0.25) is 0 Å². The van der Waals surface area contributed by atoms with Crippen LogP contribution in [0.2, 0.25) is 0 Å². The molecule has 1 N–H and O–H groups in total. The van der Waals surface area contributed by atoms with Crippen molar-refractivity contribution in [1.82, 2.24) is 4.90 Å². The summed E-state index contributed by atoms with van der Waals surface area (Å²) in [6.07, 6.45) is 0.750. The van der Waals surface area contributed by atoms with Crippen LogP contribution in [0.15, 0.2) is 22.7 Å². The monoisotopic (exact) mass is 315 g/mol. The summed E-state index contributed by atoms with van der Waals surface area (Å²) in [5.74, 6) is 0.893. The van der Waals surface area contributed by atoms with Gasteiger partial charge in [-0.25, -0.2) is 0 Å². The summed E-state index contributed by atoms with van der Waals surface area (Å²) in [6, 6.07) is 6.01. The van der Waals surface area contributed by atoms with Gasteiger partial charge in [-0.2, -0.15) is 0 Å². The van der Waals surface area contributed by atoms with Crippen LogP contribution in [0.4, 0.5) is 0 Å². The molecule has 0 aliphatic rings. The van der Waals surface area contributed by atoms with E-state index in [0.717, 1.165) is 28.8 Å². The number of rotatable bonds is 6. The van der Waals surface area contributed by atoms with Crippen LogP contribution in [0.3, 0.4) is 0 Å². The van der Waals surface area contributed by atoms with Gasteiger partial charge in [0.05, 0.1) is 7.11 Å². The number of hydrogen-bond donors (Lipinski definition) is 1. The Kier molecular flexibility index (Phi) is 5.63. The predicted octanol–water partition coefficient (Wildman–Crippen LogP) is 3.05. The number of ether oxygens (including phenoxy) is 1. The van der Waals surface area contributed by atoms with Gasteiger partial charge in [0.25, 0.3) is 0 Å². The Morgan fingerprint density at radius 1 is 1.39 bits per heavy atom. The van der Waals surface area contributed by atoms with E-state index in [4.69, 9.17) is 9.84 Å². The second kappa shape index (κ2) is 6.55. The zero-order valence-electron chi connectivity index (χ0n) is 11.5. The van der Waals surface area contributed by atoms with E-state index in [1.807, 2.05) is 12.1 Å². The zero-order chi connectivity index (χ0) is 13.8. The highest BCUT2D eigenvalue weighted by Crippen LogP contribution is 2.27. The molecule has 0 saturated carbocycles. The molecule has 0 aliphatic heterocycles. The lowest BCUT2D eigenvalue weighted by Gasteiger charge is -2.35. The van der Waals surface area contributed by atoms with Gasteiger partial charge >= 0.3 is 0 Å². The highest BCUT2D eigenvalue weighted by Gasteiger charge is 2.23. The molecule has 1 aromatic rings. The van der Waals surface area contributed by atoms with Crippen molar-refractivity contribution in [3.8, 4) is 5.75 Å². The van der Waals surface area contributed by atoms with Gasteiger partial charge in [-0.1, -0.05) is 15.9 Å². The maximum absolute atomic E-state index is 9.10. The topological polar surface area (TPSA) is 32.7 Å². The summed E-state index contributed by atoms with van der Waals surface area (Å²) >= 11 is 3.48. The number of nitrogens with zero attached hydrogens (tertiary/aromatic N) is 1. The van der Waals surface area contributed by atoms with Crippen LogP contribution in [0, 0.1) is 0 Å². The Morgan fingerprint density at radius 3 is 2.61 bits per heavy atom. The van der Waals surface area contributed by atoms with Crippen molar-refractivity contribution >= 4 is 15.9 Å². The van der Waals surface area contributed by atoms with Crippen molar-refractivity contribution < 1.29 is 9.84 Å². The molecule has 0 spiro atoms. The molecule has 0 atom stereocenters. The first kappa shape index (κ1) is 15.5. The number of benzene rings is 1. The first-order chi connectivity index (χ1) is 8.40. The van der Waals surface area contributed by atoms with Crippen LogP contribution in [-0.2, 0) is 6.54 Å². The second-order valence-corrected chi connectivity index (χ2v) is 6.01. The normalized spacial score (nSPS) is 11.9. The minimum Gasteiger partial charge on any atom is -0.496 e. The van der Waals surface area contributed by atoms with Crippen LogP contribution in [0.25, 0.3) is 0 Å². The Morgan fingerprint density at radius 2 is 2.06 bits per heavy atom. The van der Waals surface area contributed by atoms with Crippen LogP contribution in [0.5, 0.6) is 5.75 Å². The Balaban J connectivity index is 2.86. The minimum atomic E-state index is -0.0396. The van der Waals surface area contributed by atoms with E-state index < -0.39 is 0 Å². The lowest BCUT2D eigenvalue weighted by atomic mass is 9.98. The second-order valence-electron chi connectivity index (χ2n) is 5.10. The van der Waals surface area contributed by atoms with Gasteiger partial charge in [-0.15, -0.1) is 0 Å². The summed E-state index contributed by atoms with van der Waals surface area (Å²) in [6.45, 7) is 5.25. The van der Waals surface area contributed by atoms with Crippen molar-refractivity contribution in [1.29, 1.82) is 0 Å². The molecule has 0 fully saturated rings. The Labute approximate surface area is 118 Å². The van der Waals surface area contributed by atoms with Crippen molar-refractivity contribution in [3.63, 3.8) is 0 Å². The summed E-state index contributed by atoms with van der Waals surface area (Å²) in [4.78, 5) is 2.23. The molecular weight excluding hydrogens is 294 g/mol. The SMILES string of the molecule is COc1ccc(Br)cc1CN(C)C(C)(C)CCO. The van der Waals surface area contributed by atoms with Crippen LogP contribution >= 0.6 is 15.9 Å². The molecule has 1 rings (SSSR count). The van der Waals surface area contributed by atoms with Crippen LogP contribution in [0.1, 0.15) is 25.8 Å². The summed E-state index contributed by atoms with van der Waals surface area (Å²) < 4.78 is 6.42. The van der Waals surface area contributed by atoms with E-state index in [9.17, 15) is 0 Å². The van der Waals surface area contributed by atoms with E-state index in [0.29, 0.717) is 0 Å². The minimum absolute atomic E-state index is 0.0396. The zero-order valence-corrected chi connectivity index (χ0v) is 13.1. The summed E-state index contributed by atoms with van der Waals surface area (Å²) in [5, 5.41) is 9.10. The quantitative estimate of drug-likeness (QED) is 0.875. The van der Waals surface area contributed by atoms with E-state index >= 15 is 0 Å². The Hall–Kier alpha value is -0.580. The van der Waals surface area contributed by atoms with E-state index in [2.05, 4.69) is 47.8 Å². The van der Waals surface area contributed by atoms with E-state index in [1.165, 1.54) is 0 Å². The maximum atomic E-state index is 9.10. The molecule has 18 heavy (non-hydrogen) atoms. The van der Waals surface area contributed by atoms with Crippen molar-refractivity contribution in [2.75, 3.05) is 20.8 Å². The third-order valence-electron chi connectivity index (χ3n) is 3.41. The molecule has 102 valence electrons. The lowest BCUT2D eigenvalue weighted by molar-refractivity contribution is 0.109. The number of methoxy groups -OCH3 is 1. The van der Waals surface area contributed by atoms with E-state index in [-0.39, 0.29) is 12.1 Å². The highest BCUT2D eigenvalue weighted by atomic mass is 79.9. The molecule has 0 radical (unpaired) electrons. The van der Waals surface area contributed by atoms with Crippen molar-refractivity contribution in [3.05, 3.63) is 28.2 Å². The van der Waals surface area contributed by atoms with Gasteiger partial charge in [-0.3, -0.25) is 4.90 Å². The first-order valence-corrected chi connectivity index (χ1v) is 6.84. The average molecular weight is 316 g/mol. The number of hydrogen-bond acceptors (Lipinski definition) is 3. The van der Waals surface area contributed by atoms with Crippen LogP contribution in [-0.4, -0.2) is 36.3 Å². The summed E-state index contributed by atoms with van der Waals surface area (Å²) in [7, 11) is 3.75. The molecule has 4 heteroatoms. The highest BCUT2D eigenvalue weighted by molar-refractivity contribution is 9.10. The molecule has 0 aliphatic carbocycles. The molecule has 0 aromatic heterocycles. The maximum Gasteiger partial charge on any atom is 0.123 e. The molecule has 1 aromatic carbocycles. The third kappa shape index (κ3) is 3.97. The average Bonchev–Trinajstić information content (AvgIpc) is 2.29. The van der Waals surface area contributed by atoms with Gasteiger partial charge in [0.15, 0.2) is 0 Å². The largest absolute Gasteiger partial charge is 0.496 e. The fourth-order valence-corrected chi connectivity index (χ4v) is 2.21. The predicted molar refractivity (Wildman–Crippen MR) is 77.9 cm³/mol. The van der Waals surface area contributed by atoms with Crippen LogP contribution < -0.4 is 4.74 Å². The summed E-state index contributed by atoms with van der Waals surface area (Å²) in [5.41, 5.74) is 1.10. The molecule has 0 unspecified atom stereocenters. The van der Waals surface area contributed by atoms with Gasteiger partial charge < -0.3 is 9.84 Å². The van der Waals surface area contributed by atoms with Gasteiger partial charge in [0.1, 0.15) is 5.75 Å². The molecule has 0 saturated heterocycles. The third-order valence-corrected chi connectivity index (χ3v) is 3.90. The molecular formula is C14H22BrNO2. The molecule has 0 amide bonds. The van der Waals surface area contributed by atoms with Gasteiger partial charge in [0, 0.05) is 28.7 Å². The first-order valence-electron chi connectivity index (χ1n) is 6.05. The number of aliphatic hydroxyl groups excluding tert-OH is 1. The van der Waals surface area contributed by atoms with Crippen molar-refractivity contribution in [2.45, 2.75) is 32.4 Å². The molecule has 0 bridgehead atoms. The fraction of sp³-hybridized carbons (Fsp3) is 0.571. The lowest BCUT2D eigenvalue weighted by Crippen LogP contribution is -2.41. The Bertz CT molecular complexity index is 393. The standard InChI is InChI=1S/C14H22BrNO2/c1-14(2,7-8-17)16(3)10-11-9-12(15)5-6-13(11)18-4/h5-6,9,17H,7-8,10H2,1-4H3. The number of aliphatic hydroxyl groups is 1. The smallest absolute Gasteiger partial charge is 0.123 e. The number of halogens is 1. The van der Waals surface area contributed by atoms with Crippen molar-refractivity contribution in [2.24, 2.45) is 0 Å². The fourth-order valence-electron chi connectivity index (χ4n) is 1.80. The van der Waals surface area contributed by atoms with E-state index in [1.54, 1.807) is 7.11 Å². The van der Waals surface area contributed by atoms with Gasteiger partial charge in [-0.05, 0) is 45.5 Å². The molecule has 3 nitrogen and oxygen atoms in total. The molecule has 0 heterocycles.